The molecule has 5 nitrogen and oxygen atoms in total. The van der Waals surface area contributed by atoms with Gasteiger partial charge < -0.3 is 0 Å². The summed E-state index contributed by atoms with van der Waals surface area (Å²) in [6.45, 7) is 3.76. The lowest BCUT2D eigenvalue weighted by Crippen LogP contribution is -2.39. The van der Waals surface area contributed by atoms with Gasteiger partial charge in [0.1, 0.15) is 5.25 Å². The molecule has 1 aromatic rings. The second-order valence-corrected chi connectivity index (χ2v) is 7.48. The van der Waals surface area contributed by atoms with Gasteiger partial charge in [-0.25, -0.2) is 13.1 Å². The zero-order valence-electron chi connectivity index (χ0n) is 11.4. The Morgan fingerprint density at radius 2 is 2.19 bits per heavy atom. The molecule has 1 fully saturated rings. The second kappa shape index (κ2) is 6.64. The predicted molar refractivity (Wildman–Crippen MR) is 83.8 cm³/mol. The Morgan fingerprint density at radius 3 is 2.81 bits per heavy atom. The van der Waals surface area contributed by atoms with Crippen LogP contribution in [0.3, 0.4) is 0 Å². The minimum Gasteiger partial charge on any atom is -0.297 e. The molecule has 0 spiro atoms. The Kier molecular flexibility index (Phi) is 5.29. The summed E-state index contributed by atoms with van der Waals surface area (Å²) >= 11 is 11.9. The Hall–Kier alpha value is -0.630. The molecular formula is C13H16Cl2N2O3S. The lowest BCUT2D eigenvalue weighted by Gasteiger charge is -2.23. The van der Waals surface area contributed by atoms with Crippen LogP contribution in [0.25, 0.3) is 0 Å². The first-order valence-corrected chi connectivity index (χ1v) is 8.57. The number of hydrogen-bond acceptors (Lipinski definition) is 4. The molecule has 0 bridgehead atoms. The van der Waals surface area contributed by atoms with Crippen molar-refractivity contribution in [2.45, 2.75) is 11.3 Å². The monoisotopic (exact) mass is 350 g/mol. The summed E-state index contributed by atoms with van der Waals surface area (Å²) in [5, 5.41) is 1.59. The molecule has 2 atom stereocenters. The Labute approximate surface area is 134 Å². The first kappa shape index (κ1) is 16.7. The van der Waals surface area contributed by atoms with Gasteiger partial charge >= 0.3 is 0 Å². The highest BCUT2D eigenvalue weighted by atomic mass is 35.5. The smallest absolute Gasteiger partial charge is 0.219 e. The van der Waals surface area contributed by atoms with Gasteiger partial charge in [0.25, 0.3) is 0 Å². The molecule has 1 N–H and O–H groups in total. The number of benzene rings is 1. The number of rotatable bonds is 5. The molecule has 0 aromatic heterocycles. The summed E-state index contributed by atoms with van der Waals surface area (Å²) in [6, 6.07) is 4.60. The fourth-order valence-electron chi connectivity index (χ4n) is 2.26. The van der Waals surface area contributed by atoms with Crippen LogP contribution in [0.4, 0.5) is 0 Å². The van der Waals surface area contributed by atoms with Gasteiger partial charge in [-0.05, 0) is 17.7 Å². The fraction of sp³-hybridized carbons (Fsp3) is 0.385. The van der Waals surface area contributed by atoms with E-state index in [1.54, 1.807) is 25.2 Å². The molecule has 116 valence electrons. The molecule has 0 aliphatic carbocycles. The van der Waals surface area contributed by atoms with E-state index in [1.165, 1.54) is 11.1 Å². The van der Waals surface area contributed by atoms with E-state index in [-0.39, 0.29) is 13.2 Å². The standard InChI is InChI=1S/C13H16Cl2N2O3S/c1-3-6-16-21(18,19)12-8-20-17(2)13(12)9-4-5-10(14)11(15)7-9/h3-5,7,12-13,16H,1,6,8H2,2H3. The van der Waals surface area contributed by atoms with Crippen LogP contribution >= 0.6 is 23.2 Å². The van der Waals surface area contributed by atoms with Crippen LogP contribution in [0.2, 0.25) is 10.0 Å². The van der Waals surface area contributed by atoms with Gasteiger partial charge in [0.15, 0.2) is 0 Å². The van der Waals surface area contributed by atoms with Gasteiger partial charge in [-0.2, -0.15) is 5.06 Å². The molecule has 0 radical (unpaired) electrons. The summed E-state index contributed by atoms with van der Waals surface area (Å²) in [5.74, 6) is 0. The topological polar surface area (TPSA) is 58.6 Å². The molecule has 1 aliphatic heterocycles. The number of halogens is 2. The average molecular weight is 351 g/mol. The number of hydroxylamine groups is 2. The molecule has 21 heavy (non-hydrogen) atoms. The van der Waals surface area contributed by atoms with Gasteiger partial charge in [0, 0.05) is 13.6 Å². The van der Waals surface area contributed by atoms with Crippen molar-refractivity contribution >= 4 is 33.2 Å². The first-order valence-electron chi connectivity index (χ1n) is 6.27. The van der Waals surface area contributed by atoms with Crippen molar-refractivity contribution in [2.75, 3.05) is 20.2 Å². The largest absolute Gasteiger partial charge is 0.297 e. The van der Waals surface area contributed by atoms with Crippen LogP contribution in [0.15, 0.2) is 30.9 Å². The molecule has 0 amide bonds. The van der Waals surface area contributed by atoms with Crippen LogP contribution in [0.1, 0.15) is 11.6 Å². The van der Waals surface area contributed by atoms with Gasteiger partial charge in [0.05, 0.1) is 22.7 Å². The van der Waals surface area contributed by atoms with Gasteiger partial charge in [-0.15, -0.1) is 6.58 Å². The minimum atomic E-state index is -3.54. The van der Waals surface area contributed by atoms with E-state index >= 15 is 0 Å². The van der Waals surface area contributed by atoms with Crippen LogP contribution in [-0.4, -0.2) is 38.9 Å². The quantitative estimate of drug-likeness (QED) is 0.828. The number of nitrogens with one attached hydrogen (secondary N) is 1. The van der Waals surface area contributed by atoms with Crippen molar-refractivity contribution in [2.24, 2.45) is 0 Å². The van der Waals surface area contributed by atoms with Gasteiger partial charge in [-0.3, -0.25) is 4.84 Å². The van der Waals surface area contributed by atoms with E-state index in [4.69, 9.17) is 28.0 Å². The molecule has 1 heterocycles. The zero-order valence-corrected chi connectivity index (χ0v) is 13.7. The van der Waals surface area contributed by atoms with Gasteiger partial charge in [-0.1, -0.05) is 35.3 Å². The second-order valence-electron chi connectivity index (χ2n) is 4.68. The lowest BCUT2D eigenvalue weighted by atomic mass is 10.0. The molecule has 1 aliphatic rings. The van der Waals surface area contributed by atoms with Crippen LogP contribution in [0.5, 0.6) is 0 Å². The molecular weight excluding hydrogens is 335 g/mol. The van der Waals surface area contributed by atoms with Crippen LogP contribution in [-0.2, 0) is 14.9 Å². The lowest BCUT2D eigenvalue weighted by molar-refractivity contribution is -0.110. The van der Waals surface area contributed by atoms with Gasteiger partial charge in [0.2, 0.25) is 10.0 Å². The van der Waals surface area contributed by atoms with Crippen molar-refractivity contribution in [1.82, 2.24) is 9.79 Å². The third kappa shape index (κ3) is 3.59. The number of nitrogens with zero attached hydrogens (tertiary/aromatic N) is 1. The maximum Gasteiger partial charge on any atom is 0.219 e. The highest BCUT2D eigenvalue weighted by Crippen LogP contribution is 2.35. The minimum absolute atomic E-state index is 0.0773. The Morgan fingerprint density at radius 1 is 1.48 bits per heavy atom. The summed E-state index contributed by atoms with van der Waals surface area (Å²) in [6.07, 6.45) is 1.49. The van der Waals surface area contributed by atoms with Crippen LogP contribution < -0.4 is 4.72 Å². The molecule has 8 heteroatoms. The summed E-state index contributed by atoms with van der Waals surface area (Å²) in [5.41, 5.74) is 0.735. The maximum atomic E-state index is 12.3. The summed E-state index contributed by atoms with van der Waals surface area (Å²) < 4.78 is 27.2. The molecule has 1 saturated heterocycles. The molecule has 0 saturated carbocycles. The Bertz CT molecular complexity index is 636. The molecule has 2 unspecified atom stereocenters. The summed E-state index contributed by atoms with van der Waals surface area (Å²) in [7, 11) is -1.85. The first-order chi connectivity index (χ1) is 9.86. The highest BCUT2D eigenvalue weighted by molar-refractivity contribution is 7.90. The molecule has 1 aromatic carbocycles. The predicted octanol–water partition coefficient (Wildman–Crippen LogP) is 2.39. The average Bonchev–Trinajstić information content (AvgIpc) is 2.82. The highest BCUT2D eigenvalue weighted by Gasteiger charge is 2.43. The van der Waals surface area contributed by atoms with E-state index in [2.05, 4.69) is 11.3 Å². The third-order valence-electron chi connectivity index (χ3n) is 3.30. The van der Waals surface area contributed by atoms with E-state index in [0.29, 0.717) is 10.0 Å². The third-order valence-corrected chi connectivity index (χ3v) is 5.80. The van der Waals surface area contributed by atoms with E-state index in [9.17, 15) is 8.42 Å². The van der Waals surface area contributed by atoms with Crippen molar-refractivity contribution in [1.29, 1.82) is 0 Å². The van der Waals surface area contributed by atoms with Crippen molar-refractivity contribution < 1.29 is 13.3 Å². The SMILES string of the molecule is C=CCNS(=O)(=O)C1CON(C)C1c1ccc(Cl)c(Cl)c1. The zero-order chi connectivity index (χ0) is 15.6. The maximum absolute atomic E-state index is 12.3. The Balaban J connectivity index is 2.34. The van der Waals surface area contributed by atoms with E-state index in [1.807, 2.05) is 0 Å². The van der Waals surface area contributed by atoms with Crippen molar-refractivity contribution in [3.05, 3.63) is 46.5 Å². The van der Waals surface area contributed by atoms with Crippen molar-refractivity contribution in [3.63, 3.8) is 0 Å². The van der Waals surface area contributed by atoms with Crippen LogP contribution in [0, 0.1) is 0 Å². The van der Waals surface area contributed by atoms with E-state index < -0.39 is 21.3 Å². The van der Waals surface area contributed by atoms with Crippen molar-refractivity contribution in [3.8, 4) is 0 Å². The fourth-order valence-corrected chi connectivity index (χ4v) is 4.04. The summed E-state index contributed by atoms with van der Waals surface area (Å²) in [4.78, 5) is 5.38. The number of hydrogen-bond donors (Lipinski definition) is 1. The molecule has 2 rings (SSSR count). The number of sulfonamides is 1. The normalized spacial score (nSPS) is 23.4. The van der Waals surface area contributed by atoms with E-state index in [0.717, 1.165) is 5.56 Å².